The molecular formula is C13H16N4O4. The Bertz CT molecular complexity index is 571. The molecule has 1 amide bonds. The first-order chi connectivity index (χ1) is 9.73. The molecule has 0 aliphatic rings. The van der Waals surface area contributed by atoms with Gasteiger partial charge in [0.2, 0.25) is 0 Å². The second kappa shape index (κ2) is 6.62. The molecule has 0 spiro atoms. The van der Waals surface area contributed by atoms with Gasteiger partial charge in [0.25, 0.3) is 0 Å². The highest BCUT2D eigenvalue weighted by molar-refractivity contribution is 5.81. The molecule has 0 unspecified atom stereocenters. The van der Waals surface area contributed by atoms with Crippen LogP contribution in [-0.2, 0) is 9.53 Å². The van der Waals surface area contributed by atoms with E-state index in [1.807, 2.05) is 0 Å². The van der Waals surface area contributed by atoms with Crippen LogP contribution in [0.2, 0.25) is 0 Å². The number of carbonyl (C=O) groups excluding carboxylic acids is 1. The maximum Gasteiger partial charge on any atom is 0.408 e. The predicted octanol–water partition coefficient (Wildman–Crippen LogP) is 3.28. The fourth-order valence-corrected chi connectivity index (χ4v) is 1.50. The lowest BCUT2D eigenvalue weighted by Crippen LogP contribution is -2.38. The van der Waals surface area contributed by atoms with Gasteiger partial charge in [-0.25, -0.2) is 9.59 Å². The zero-order valence-electron chi connectivity index (χ0n) is 11.9. The molecule has 21 heavy (non-hydrogen) atoms. The van der Waals surface area contributed by atoms with Gasteiger partial charge in [-0.1, -0.05) is 29.4 Å². The van der Waals surface area contributed by atoms with Crippen LogP contribution in [0.1, 0.15) is 32.4 Å². The fourth-order valence-electron chi connectivity index (χ4n) is 1.50. The molecule has 0 fully saturated rings. The third-order valence-corrected chi connectivity index (χ3v) is 2.29. The molecule has 0 aromatic heterocycles. The largest absolute Gasteiger partial charge is 0.479 e. The summed E-state index contributed by atoms with van der Waals surface area (Å²) < 4.78 is 5.02. The molecule has 0 aliphatic heterocycles. The maximum atomic E-state index is 11.7. The highest BCUT2D eigenvalue weighted by atomic mass is 16.6. The van der Waals surface area contributed by atoms with Crippen molar-refractivity contribution in [1.82, 2.24) is 5.32 Å². The zero-order chi connectivity index (χ0) is 16.0. The summed E-state index contributed by atoms with van der Waals surface area (Å²) in [6.07, 6.45) is -0.825. The van der Waals surface area contributed by atoms with E-state index in [1.165, 1.54) is 24.3 Å². The van der Waals surface area contributed by atoms with Crippen molar-refractivity contribution < 1.29 is 19.4 Å². The summed E-state index contributed by atoms with van der Waals surface area (Å²) in [4.78, 5) is 25.5. The summed E-state index contributed by atoms with van der Waals surface area (Å²) in [5, 5.41) is 14.9. The first-order valence-corrected chi connectivity index (χ1v) is 6.10. The molecule has 8 nitrogen and oxygen atoms in total. The Morgan fingerprint density at radius 2 is 1.90 bits per heavy atom. The van der Waals surface area contributed by atoms with Gasteiger partial charge in [0.15, 0.2) is 6.04 Å². The van der Waals surface area contributed by atoms with Crippen molar-refractivity contribution in [2.45, 2.75) is 32.4 Å². The lowest BCUT2D eigenvalue weighted by atomic mass is 10.1. The minimum absolute atomic E-state index is 0.338. The van der Waals surface area contributed by atoms with E-state index in [0.29, 0.717) is 11.3 Å². The van der Waals surface area contributed by atoms with Crippen molar-refractivity contribution >= 4 is 17.7 Å². The van der Waals surface area contributed by atoms with E-state index in [0.717, 1.165) is 0 Å². The molecule has 1 rings (SSSR count). The van der Waals surface area contributed by atoms with Gasteiger partial charge in [-0.15, -0.1) is 0 Å². The molecule has 0 aliphatic carbocycles. The minimum atomic E-state index is -1.25. The standard InChI is InChI=1S/C13H16N4O4/c1-13(2,3)21-12(20)15-10(11(18)19)8-4-6-9(7-5-8)16-17-14/h4-7,10H,1-3H3,(H,15,20)(H,18,19)/t10-/m0/s1. The number of nitrogens with one attached hydrogen (secondary N) is 1. The lowest BCUT2D eigenvalue weighted by molar-refractivity contribution is -0.139. The molecule has 1 aromatic carbocycles. The average Bonchev–Trinajstić information content (AvgIpc) is 2.35. The van der Waals surface area contributed by atoms with Gasteiger partial charge >= 0.3 is 12.1 Å². The third-order valence-electron chi connectivity index (χ3n) is 2.29. The van der Waals surface area contributed by atoms with Crippen LogP contribution in [0.25, 0.3) is 10.4 Å². The summed E-state index contributed by atoms with van der Waals surface area (Å²) in [6, 6.07) is 4.59. The number of amides is 1. The molecule has 1 aromatic rings. The molecule has 2 N–H and O–H groups in total. The van der Waals surface area contributed by atoms with Crippen LogP contribution in [0, 0.1) is 0 Å². The Balaban J connectivity index is 2.89. The van der Waals surface area contributed by atoms with Gasteiger partial charge in [-0.2, -0.15) is 0 Å². The third kappa shape index (κ3) is 5.42. The van der Waals surface area contributed by atoms with Crippen molar-refractivity contribution in [2.75, 3.05) is 0 Å². The molecule has 0 bridgehead atoms. The van der Waals surface area contributed by atoms with Gasteiger partial charge in [0.1, 0.15) is 5.60 Å². The van der Waals surface area contributed by atoms with Crippen molar-refractivity contribution in [3.63, 3.8) is 0 Å². The lowest BCUT2D eigenvalue weighted by Gasteiger charge is -2.22. The van der Waals surface area contributed by atoms with E-state index in [9.17, 15) is 14.7 Å². The number of nitrogens with zero attached hydrogens (tertiary/aromatic N) is 3. The molecule has 0 saturated heterocycles. The number of azide groups is 1. The number of hydrogen-bond donors (Lipinski definition) is 2. The van der Waals surface area contributed by atoms with Crippen LogP contribution in [0.4, 0.5) is 10.5 Å². The number of carboxylic acids is 1. The van der Waals surface area contributed by atoms with Gasteiger partial charge in [0.05, 0.1) is 0 Å². The van der Waals surface area contributed by atoms with E-state index in [1.54, 1.807) is 20.8 Å². The Morgan fingerprint density at radius 1 is 1.33 bits per heavy atom. The molecule has 8 heteroatoms. The Hall–Kier alpha value is -2.73. The summed E-state index contributed by atoms with van der Waals surface area (Å²) in [5.41, 5.74) is 8.27. The Labute approximate surface area is 121 Å². The normalized spacial score (nSPS) is 12.0. The maximum absolute atomic E-state index is 11.7. The number of rotatable bonds is 4. The van der Waals surface area contributed by atoms with Crippen molar-refractivity contribution in [2.24, 2.45) is 5.11 Å². The van der Waals surface area contributed by atoms with Crippen LogP contribution in [0.15, 0.2) is 29.4 Å². The van der Waals surface area contributed by atoms with E-state index in [2.05, 4.69) is 15.3 Å². The van der Waals surface area contributed by atoms with Crippen LogP contribution in [0.3, 0.4) is 0 Å². The first-order valence-electron chi connectivity index (χ1n) is 6.10. The van der Waals surface area contributed by atoms with Crippen LogP contribution in [-0.4, -0.2) is 22.8 Å². The van der Waals surface area contributed by atoms with E-state index in [4.69, 9.17) is 10.3 Å². The first kappa shape index (κ1) is 16.3. The monoisotopic (exact) mass is 292 g/mol. The number of alkyl carbamates (subject to hydrolysis) is 1. The summed E-state index contributed by atoms with van der Waals surface area (Å²) in [5.74, 6) is -1.22. The number of aliphatic carboxylic acids is 1. The molecular weight excluding hydrogens is 276 g/mol. The topological polar surface area (TPSA) is 124 Å². The molecule has 0 saturated carbocycles. The van der Waals surface area contributed by atoms with E-state index < -0.39 is 23.7 Å². The second-order valence-electron chi connectivity index (χ2n) is 5.20. The summed E-state index contributed by atoms with van der Waals surface area (Å²) in [6.45, 7) is 5.03. The van der Waals surface area contributed by atoms with Crippen molar-refractivity contribution in [3.8, 4) is 0 Å². The van der Waals surface area contributed by atoms with Crippen LogP contribution in [0.5, 0.6) is 0 Å². The van der Waals surface area contributed by atoms with Crippen LogP contribution >= 0.6 is 0 Å². The van der Waals surface area contributed by atoms with Crippen molar-refractivity contribution in [1.29, 1.82) is 0 Å². The predicted molar refractivity (Wildman–Crippen MR) is 75.0 cm³/mol. The van der Waals surface area contributed by atoms with E-state index >= 15 is 0 Å². The molecule has 0 heterocycles. The van der Waals surface area contributed by atoms with Gasteiger partial charge < -0.3 is 15.2 Å². The minimum Gasteiger partial charge on any atom is -0.479 e. The summed E-state index contributed by atoms with van der Waals surface area (Å²) in [7, 11) is 0. The zero-order valence-corrected chi connectivity index (χ0v) is 11.9. The van der Waals surface area contributed by atoms with E-state index in [-0.39, 0.29) is 0 Å². The Morgan fingerprint density at radius 3 is 2.33 bits per heavy atom. The van der Waals surface area contributed by atoms with Gasteiger partial charge in [-0.05, 0) is 31.9 Å². The number of ether oxygens (including phenoxy) is 1. The smallest absolute Gasteiger partial charge is 0.408 e. The molecule has 1 atom stereocenters. The second-order valence-corrected chi connectivity index (χ2v) is 5.20. The summed E-state index contributed by atoms with van der Waals surface area (Å²) >= 11 is 0. The van der Waals surface area contributed by atoms with Crippen molar-refractivity contribution in [3.05, 3.63) is 40.3 Å². The van der Waals surface area contributed by atoms with Gasteiger partial charge in [0, 0.05) is 10.6 Å². The quantitative estimate of drug-likeness (QED) is 0.501. The number of carboxylic acid groups (broad SMARTS) is 1. The number of carbonyl (C=O) groups is 2. The molecule has 112 valence electrons. The fraction of sp³-hybridized carbons (Fsp3) is 0.385. The highest BCUT2D eigenvalue weighted by Crippen LogP contribution is 2.19. The van der Waals surface area contributed by atoms with Gasteiger partial charge in [-0.3, -0.25) is 0 Å². The van der Waals surface area contributed by atoms with Crippen LogP contribution < -0.4 is 5.32 Å². The number of hydrogen-bond acceptors (Lipinski definition) is 4. The number of benzene rings is 1. The SMILES string of the molecule is CC(C)(C)OC(=O)N[C@H](C(=O)O)c1ccc(N=[N+]=[N-])cc1. The highest BCUT2D eigenvalue weighted by Gasteiger charge is 2.25. The average molecular weight is 292 g/mol. The Kier molecular flexibility index (Phi) is 5.15. The molecule has 0 radical (unpaired) electrons.